The van der Waals surface area contributed by atoms with Crippen molar-refractivity contribution in [1.29, 1.82) is 0 Å². The van der Waals surface area contributed by atoms with Gasteiger partial charge in [-0.1, -0.05) is 19.1 Å². The van der Waals surface area contributed by atoms with Gasteiger partial charge >= 0.3 is 0 Å². The first-order valence-electron chi connectivity index (χ1n) is 8.57. The van der Waals surface area contributed by atoms with E-state index < -0.39 is 0 Å². The van der Waals surface area contributed by atoms with E-state index in [9.17, 15) is 9.59 Å². The first-order valence-corrected chi connectivity index (χ1v) is 8.57. The first kappa shape index (κ1) is 19.4. The number of carbonyl (C=O) groups excluding carboxylic acids is 1. The van der Waals surface area contributed by atoms with Crippen LogP contribution >= 0.6 is 12.4 Å². The minimum absolute atomic E-state index is 0. The van der Waals surface area contributed by atoms with Crippen LogP contribution in [-0.2, 0) is 6.54 Å². The Hall–Kier alpha value is -1.92. The zero-order valence-corrected chi connectivity index (χ0v) is 15.5. The molecule has 3 rings (SSSR count). The van der Waals surface area contributed by atoms with Crippen LogP contribution in [0.25, 0.3) is 10.9 Å². The van der Waals surface area contributed by atoms with E-state index >= 15 is 0 Å². The maximum atomic E-state index is 13.0. The number of likely N-dealkylation sites (tertiary alicyclic amines) is 1. The van der Waals surface area contributed by atoms with E-state index in [1.807, 2.05) is 25.1 Å². The Bertz CT molecular complexity index is 820. The molecule has 0 bridgehead atoms. The third kappa shape index (κ3) is 3.55. The fraction of sp³-hybridized carbons (Fsp3) is 0.500. The third-order valence-electron chi connectivity index (χ3n) is 4.88. The van der Waals surface area contributed by atoms with Crippen molar-refractivity contribution in [3.05, 3.63) is 40.2 Å². The average Bonchev–Trinajstić information content (AvgIpc) is 2.61. The summed E-state index contributed by atoms with van der Waals surface area (Å²) < 4.78 is 1.72. The lowest BCUT2D eigenvalue weighted by molar-refractivity contribution is 0.0564. The summed E-state index contributed by atoms with van der Waals surface area (Å²) in [6.45, 7) is 5.75. The molecule has 0 spiro atoms. The van der Waals surface area contributed by atoms with Gasteiger partial charge in [0.2, 0.25) is 5.43 Å². The van der Waals surface area contributed by atoms with E-state index in [-0.39, 0.29) is 35.5 Å². The highest BCUT2D eigenvalue weighted by molar-refractivity contribution is 5.95. The van der Waals surface area contributed by atoms with E-state index in [0.717, 1.165) is 18.4 Å². The molecule has 2 heterocycles. The van der Waals surface area contributed by atoms with Crippen LogP contribution in [0.2, 0.25) is 0 Å². The SMILES string of the molecule is CCn1nc(C(=O)N2CCC(C)CC2CN)c(=O)c2ccccc21.Cl. The molecule has 1 aromatic heterocycles. The van der Waals surface area contributed by atoms with Gasteiger partial charge in [-0.25, -0.2) is 0 Å². The third-order valence-corrected chi connectivity index (χ3v) is 4.88. The number of piperidine rings is 1. The molecule has 2 aromatic rings. The second-order valence-electron chi connectivity index (χ2n) is 6.53. The van der Waals surface area contributed by atoms with Crippen LogP contribution in [-0.4, -0.2) is 39.7 Å². The van der Waals surface area contributed by atoms with Gasteiger partial charge in [-0.15, -0.1) is 12.4 Å². The smallest absolute Gasteiger partial charge is 0.278 e. The number of hydrogen-bond acceptors (Lipinski definition) is 4. The Balaban J connectivity index is 0.00000225. The van der Waals surface area contributed by atoms with Crippen LogP contribution in [0.4, 0.5) is 0 Å². The molecule has 1 fully saturated rings. The largest absolute Gasteiger partial charge is 0.333 e. The molecule has 2 N–H and O–H groups in total. The van der Waals surface area contributed by atoms with Gasteiger partial charge in [0.1, 0.15) is 0 Å². The molecule has 1 amide bonds. The molecule has 25 heavy (non-hydrogen) atoms. The number of aromatic nitrogens is 2. The van der Waals surface area contributed by atoms with Gasteiger partial charge in [0, 0.05) is 31.1 Å². The second-order valence-corrected chi connectivity index (χ2v) is 6.53. The number of hydrogen-bond donors (Lipinski definition) is 1. The maximum Gasteiger partial charge on any atom is 0.278 e. The van der Waals surface area contributed by atoms with E-state index in [1.54, 1.807) is 15.6 Å². The minimum Gasteiger partial charge on any atom is -0.333 e. The van der Waals surface area contributed by atoms with Crippen LogP contribution in [0.3, 0.4) is 0 Å². The fourth-order valence-electron chi connectivity index (χ4n) is 3.50. The van der Waals surface area contributed by atoms with Crippen LogP contribution in [0, 0.1) is 5.92 Å². The van der Waals surface area contributed by atoms with E-state index in [4.69, 9.17) is 5.73 Å². The lowest BCUT2D eigenvalue weighted by Crippen LogP contribution is -2.50. The molecule has 1 saturated heterocycles. The number of nitrogens with zero attached hydrogens (tertiary/aromatic N) is 3. The molecule has 1 aliphatic rings. The quantitative estimate of drug-likeness (QED) is 0.903. The monoisotopic (exact) mass is 364 g/mol. The van der Waals surface area contributed by atoms with Crippen molar-refractivity contribution in [3.8, 4) is 0 Å². The summed E-state index contributed by atoms with van der Waals surface area (Å²) in [5.74, 6) is 0.245. The van der Waals surface area contributed by atoms with Crippen molar-refractivity contribution < 1.29 is 4.79 Å². The van der Waals surface area contributed by atoms with E-state index in [0.29, 0.717) is 30.9 Å². The number of carbonyl (C=O) groups is 1. The Morgan fingerprint density at radius 1 is 1.36 bits per heavy atom. The lowest BCUT2D eigenvalue weighted by Gasteiger charge is -2.37. The predicted octanol–water partition coefficient (Wildman–Crippen LogP) is 2.04. The first-order chi connectivity index (χ1) is 11.6. The summed E-state index contributed by atoms with van der Waals surface area (Å²) in [7, 11) is 0. The highest BCUT2D eigenvalue weighted by atomic mass is 35.5. The molecule has 2 atom stereocenters. The molecule has 0 aliphatic carbocycles. The van der Waals surface area contributed by atoms with Gasteiger partial charge in [0.15, 0.2) is 5.69 Å². The molecule has 1 aliphatic heterocycles. The number of nitrogens with two attached hydrogens (primary N) is 1. The predicted molar refractivity (Wildman–Crippen MR) is 101 cm³/mol. The van der Waals surface area contributed by atoms with Gasteiger partial charge in [0.25, 0.3) is 5.91 Å². The van der Waals surface area contributed by atoms with Crippen molar-refractivity contribution in [3.63, 3.8) is 0 Å². The summed E-state index contributed by atoms with van der Waals surface area (Å²) in [4.78, 5) is 27.5. The van der Waals surface area contributed by atoms with Crippen molar-refractivity contribution in [2.75, 3.05) is 13.1 Å². The van der Waals surface area contributed by atoms with Crippen LogP contribution in [0.5, 0.6) is 0 Å². The highest BCUT2D eigenvalue weighted by Crippen LogP contribution is 2.23. The van der Waals surface area contributed by atoms with E-state index in [1.165, 1.54) is 0 Å². The van der Waals surface area contributed by atoms with Gasteiger partial charge in [-0.05, 0) is 37.8 Å². The number of aryl methyl sites for hydroxylation is 1. The molecule has 136 valence electrons. The van der Waals surface area contributed by atoms with Crippen molar-refractivity contribution >= 4 is 29.2 Å². The number of fused-ring (bicyclic) bond motifs is 1. The maximum absolute atomic E-state index is 13.0. The molecule has 0 radical (unpaired) electrons. The lowest BCUT2D eigenvalue weighted by atomic mass is 9.92. The number of benzene rings is 1. The Labute approximate surface area is 153 Å². The standard InChI is InChI=1S/C18H24N4O2.ClH/c1-3-22-15-7-5-4-6-14(15)17(23)16(20-22)18(24)21-9-8-12(2)10-13(21)11-19;/h4-7,12-13H,3,8-11,19H2,1-2H3;1H. The summed E-state index contributed by atoms with van der Waals surface area (Å²) >= 11 is 0. The van der Waals surface area contributed by atoms with Crippen molar-refractivity contribution in [1.82, 2.24) is 14.7 Å². The molecule has 1 aromatic carbocycles. The molecule has 6 nitrogen and oxygen atoms in total. The minimum atomic E-state index is -0.297. The summed E-state index contributed by atoms with van der Waals surface area (Å²) in [6.07, 6.45) is 1.80. The molecule has 0 saturated carbocycles. The Morgan fingerprint density at radius 3 is 2.76 bits per heavy atom. The number of rotatable bonds is 3. The zero-order chi connectivity index (χ0) is 17.3. The van der Waals surface area contributed by atoms with Crippen LogP contribution < -0.4 is 11.2 Å². The number of para-hydroxylation sites is 1. The molecular formula is C18H25ClN4O2. The van der Waals surface area contributed by atoms with Gasteiger partial charge in [-0.3, -0.25) is 14.3 Å². The topological polar surface area (TPSA) is 81.2 Å². The van der Waals surface area contributed by atoms with Crippen LogP contribution in [0.1, 0.15) is 37.2 Å². The number of halogens is 1. The summed E-state index contributed by atoms with van der Waals surface area (Å²) in [6, 6.07) is 7.26. The Kier molecular flexibility index (Phi) is 6.19. The Morgan fingerprint density at radius 2 is 2.08 bits per heavy atom. The molecule has 2 unspecified atom stereocenters. The van der Waals surface area contributed by atoms with Crippen LogP contribution in [0.15, 0.2) is 29.1 Å². The van der Waals surface area contributed by atoms with Gasteiger partial charge in [-0.2, -0.15) is 5.10 Å². The molecular weight excluding hydrogens is 340 g/mol. The molecule has 7 heteroatoms. The second kappa shape index (κ2) is 7.97. The normalized spacial score (nSPS) is 20.4. The zero-order valence-electron chi connectivity index (χ0n) is 14.6. The number of amides is 1. The fourth-order valence-corrected chi connectivity index (χ4v) is 3.50. The average molecular weight is 365 g/mol. The van der Waals surface area contributed by atoms with Crippen molar-refractivity contribution in [2.45, 2.75) is 39.3 Å². The van der Waals surface area contributed by atoms with Gasteiger partial charge in [0.05, 0.1) is 5.52 Å². The summed E-state index contributed by atoms with van der Waals surface area (Å²) in [5, 5.41) is 4.89. The van der Waals surface area contributed by atoms with E-state index in [2.05, 4.69) is 12.0 Å². The summed E-state index contributed by atoms with van der Waals surface area (Å²) in [5.41, 5.74) is 6.32. The highest BCUT2D eigenvalue weighted by Gasteiger charge is 2.32. The van der Waals surface area contributed by atoms with Gasteiger partial charge < -0.3 is 10.6 Å². The van der Waals surface area contributed by atoms with Crippen molar-refractivity contribution in [2.24, 2.45) is 11.7 Å².